The zero-order chi connectivity index (χ0) is 15.1. The average molecular weight is 294 g/mol. The van der Waals surface area contributed by atoms with Gasteiger partial charge in [0.25, 0.3) is 0 Å². The highest BCUT2D eigenvalue weighted by Gasteiger charge is 2.32. The second-order valence-corrected chi connectivity index (χ2v) is 5.37. The van der Waals surface area contributed by atoms with Crippen molar-refractivity contribution in [3.63, 3.8) is 0 Å². The van der Waals surface area contributed by atoms with E-state index in [4.69, 9.17) is 9.52 Å². The number of nitrogens with one attached hydrogen (secondary N) is 1. The fraction of sp³-hybridized carbons (Fsp3) is 0.600. The van der Waals surface area contributed by atoms with Gasteiger partial charge in [-0.25, -0.2) is 4.79 Å². The second kappa shape index (κ2) is 7.71. The van der Waals surface area contributed by atoms with E-state index in [1.807, 2.05) is 17.0 Å². The largest absolute Gasteiger partial charge is 0.481 e. The van der Waals surface area contributed by atoms with Gasteiger partial charge in [0, 0.05) is 19.0 Å². The van der Waals surface area contributed by atoms with Crippen LogP contribution in [-0.4, -0.2) is 34.6 Å². The molecule has 0 bridgehead atoms. The monoisotopic (exact) mass is 294 g/mol. The molecular formula is C15H22N2O4. The molecule has 1 aliphatic carbocycles. The number of carbonyl (C=O) groups excluding carboxylic acids is 1. The van der Waals surface area contributed by atoms with Crippen molar-refractivity contribution in [1.82, 2.24) is 10.2 Å². The van der Waals surface area contributed by atoms with Gasteiger partial charge in [0.2, 0.25) is 0 Å². The third kappa shape index (κ3) is 5.49. The van der Waals surface area contributed by atoms with Crippen molar-refractivity contribution in [3.05, 3.63) is 24.2 Å². The molecule has 2 amide bonds. The molecule has 6 nitrogen and oxygen atoms in total. The van der Waals surface area contributed by atoms with Crippen molar-refractivity contribution in [2.75, 3.05) is 6.54 Å². The molecule has 116 valence electrons. The lowest BCUT2D eigenvalue weighted by molar-refractivity contribution is -0.137. The highest BCUT2D eigenvalue weighted by Crippen LogP contribution is 2.28. The number of furan rings is 1. The number of rotatable bonds is 9. The fourth-order valence-corrected chi connectivity index (χ4v) is 2.20. The number of carboxylic acid groups (broad SMARTS) is 1. The maximum Gasteiger partial charge on any atom is 0.318 e. The van der Waals surface area contributed by atoms with Crippen LogP contribution < -0.4 is 5.32 Å². The smallest absolute Gasteiger partial charge is 0.318 e. The molecule has 0 unspecified atom stereocenters. The molecule has 0 spiro atoms. The Morgan fingerprint density at radius 1 is 1.33 bits per heavy atom. The Morgan fingerprint density at radius 2 is 2.14 bits per heavy atom. The number of carbonyl (C=O) groups is 2. The van der Waals surface area contributed by atoms with E-state index >= 15 is 0 Å². The van der Waals surface area contributed by atoms with Crippen LogP contribution in [0.4, 0.5) is 4.79 Å². The average Bonchev–Trinajstić information content (AvgIpc) is 3.16. The summed E-state index contributed by atoms with van der Waals surface area (Å²) < 4.78 is 5.29. The first-order valence-corrected chi connectivity index (χ1v) is 7.45. The van der Waals surface area contributed by atoms with Crippen molar-refractivity contribution in [1.29, 1.82) is 0 Å². The number of carboxylic acids is 1. The van der Waals surface area contributed by atoms with Crippen molar-refractivity contribution in [3.8, 4) is 0 Å². The molecule has 0 atom stereocenters. The van der Waals surface area contributed by atoms with Crippen molar-refractivity contribution in [2.45, 2.75) is 51.1 Å². The normalized spacial score (nSPS) is 13.9. The molecule has 0 aromatic carbocycles. The van der Waals surface area contributed by atoms with Crippen LogP contribution in [0.2, 0.25) is 0 Å². The lowest BCUT2D eigenvalue weighted by Crippen LogP contribution is -2.41. The van der Waals surface area contributed by atoms with Crippen LogP contribution >= 0.6 is 0 Å². The number of aliphatic carboxylic acids is 1. The molecule has 1 aromatic heterocycles. The van der Waals surface area contributed by atoms with Gasteiger partial charge >= 0.3 is 12.0 Å². The molecule has 2 rings (SSSR count). The minimum absolute atomic E-state index is 0.0628. The lowest BCUT2D eigenvalue weighted by atomic mass is 10.2. The molecule has 1 heterocycles. The van der Waals surface area contributed by atoms with Gasteiger partial charge in [-0.05, 0) is 37.8 Å². The van der Waals surface area contributed by atoms with Crippen molar-refractivity contribution < 1.29 is 19.1 Å². The van der Waals surface area contributed by atoms with Crippen LogP contribution in [0.5, 0.6) is 0 Å². The van der Waals surface area contributed by atoms with Crippen molar-refractivity contribution >= 4 is 12.0 Å². The van der Waals surface area contributed by atoms with Crippen LogP contribution in [0.3, 0.4) is 0 Å². The summed E-state index contributed by atoms with van der Waals surface area (Å²) >= 11 is 0. The molecule has 0 aliphatic heterocycles. The minimum Gasteiger partial charge on any atom is -0.481 e. The van der Waals surface area contributed by atoms with Crippen LogP contribution in [0.1, 0.15) is 44.3 Å². The fourth-order valence-electron chi connectivity index (χ4n) is 2.20. The zero-order valence-electron chi connectivity index (χ0n) is 12.1. The topological polar surface area (TPSA) is 82.8 Å². The Morgan fingerprint density at radius 3 is 2.76 bits per heavy atom. The maximum absolute atomic E-state index is 12.2. The summed E-state index contributed by atoms with van der Waals surface area (Å²) in [5.74, 6) is 0.0240. The molecule has 1 aromatic rings. The summed E-state index contributed by atoms with van der Waals surface area (Å²) in [5, 5.41) is 11.4. The standard InChI is InChI=1S/C15H22N2O4/c18-14(19)6-2-1-3-9-16-15(20)17(12-7-8-12)11-13-5-4-10-21-13/h4-5,10,12H,1-3,6-9,11H2,(H,16,20)(H,18,19). The second-order valence-electron chi connectivity index (χ2n) is 5.37. The van der Waals surface area contributed by atoms with Gasteiger partial charge in [0.1, 0.15) is 5.76 Å². The molecule has 2 N–H and O–H groups in total. The third-order valence-electron chi connectivity index (χ3n) is 3.50. The Kier molecular flexibility index (Phi) is 5.66. The molecular weight excluding hydrogens is 272 g/mol. The number of nitrogens with zero attached hydrogens (tertiary/aromatic N) is 1. The number of unbranched alkanes of at least 4 members (excludes halogenated alkanes) is 2. The van der Waals surface area contributed by atoms with Gasteiger partial charge in [0.05, 0.1) is 12.8 Å². The first-order chi connectivity index (χ1) is 10.2. The maximum atomic E-state index is 12.2. The summed E-state index contributed by atoms with van der Waals surface area (Å²) in [4.78, 5) is 24.4. The molecule has 0 radical (unpaired) electrons. The minimum atomic E-state index is -0.766. The Bertz CT molecular complexity index is 454. The number of amides is 2. The highest BCUT2D eigenvalue weighted by molar-refractivity contribution is 5.74. The summed E-state index contributed by atoms with van der Waals surface area (Å²) in [6, 6.07) is 3.95. The summed E-state index contributed by atoms with van der Waals surface area (Å²) in [6.07, 6.45) is 6.18. The van der Waals surface area contributed by atoms with Gasteiger partial charge < -0.3 is 19.7 Å². The van der Waals surface area contributed by atoms with Crippen molar-refractivity contribution in [2.24, 2.45) is 0 Å². The van der Waals surface area contributed by atoms with Gasteiger partial charge in [-0.15, -0.1) is 0 Å². The zero-order valence-corrected chi connectivity index (χ0v) is 12.1. The van der Waals surface area contributed by atoms with Gasteiger partial charge in [0.15, 0.2) is 0 Å². The first-order valence-electron chi connectivity index (χ1n) is 7.45. The Balaban J connectivity index is 1.66. The van der Waals surface area contributed by atoms with E-state index in [9.17, 15) is 9.59 Å². The quantitative estimate of drug-likeness (QED) is 0.686. The van der Waals surface area contributed by atoms with Crippen LogP contribution in [0.15, 0.2) is 22.8 Å². The Labute approximate surface area is 124 Å². The van der Waals surface area contributed by atoms with Crippen LogP contribution in [0, 0.1) is 0 Å². The van der Waals surface area contributed by atoms with E-state index in [-0.39, 0.29) is 12.5 Å². The number of urea groups is 1. The number of hydrogen-bond donors (Lipinski definition) is 2. The predicted molar refractivity (Wildman–Crippen MR) is 76.8 cm³/mol. The summed E-state index contributed by atoms with van der Waals surface area (Å²) in [7, 11) is 0. The molecule has 0 saturated heterocycles. The van der Waals surface area contributed by atoms with E-state index in [2.05, 4.69) is 5.32 Å². The highest BCUT2D eigenvalue weighted by atomic mass is 16.4. The van der Waals surface area contributed by atoms with Crippen LogP contribution in [0.25, 0.3) is 0 Å². The molecule has 21 heavy (non-hydrogen) atoms. The summed E-state index contributed by atoms with van der Waals surface area (Å²) in [5.41, 5.74) is 0. The van der Waals surface area contributed by atoms with Gasteiger partial charge in [-0.1, -0.05) is 6.42 Å². The predicted octanol–water partition coefficient (Wildman–Crippen LogP) is 2.60. The lowest BCUT2D eigenvalue weighted by Gasteiger charge is -2.21. The molecule has 1 aliphatic rings. The van der Waals surface area contributed by atoms with Gasteiger partial charge in [-0.3, -0.25) is 4.79 Å². The van der Waals surface area contributed by atoms with E-state index in [0.717, 1.165) is 31.4 Å². The van der Waals surface area contributed by atoms with Gasteiger partial charge in [-0.2, -0.15) is 0 Å². The Hall–Kier alpha value is -1.98. The molecule has 6 heteroatoms. The number of hydrogen-bond acceptors (Lipinski definition) is 3. The first kappa shape index (κ1) is 15.4. The van der Waals surface area contributed by atoms with E-state index < -0.39 is 5.97 Å². The SMILES string of the molecule is O=C(O)CCCCCNC(=O)N(Cc1ccco1)C1CC1. The van der Waals surface area contributed by atoms with E-state index in [1.165, 1.54) is 0 Å². The summed E-state index contributed by atoms with van der Waals surface area (Å²) in [6.45, 7) is 1.09. The molecule has 1 fully saturated rings. The van der Waals surface area contributed by atoms with E-state index in [0.29, 0.717) is 25.6 Å². The molecule has 1 saturated carbocycles. The van der Waals surface area contributed by atoms with E-state index in [1.54, 1.807) is 6.26 Å². The van der Waals surface area contributed by atoms with Crippen LogP contribution in [-0.2, 0) is 11.3 Å². The third-order valence-corrected chi connectivity index (χ3v) is 3.50.